The van der Waals surface area contributed by atoms with E-state index in [0.717, 1.165) is 0 Å². The smallest absolute Gasteiger partial charge is 1.00 e. The Balaban J connectivity index is 0. The zero-order valence-electron chi connectivity index (χ0n) is 4.79. The van der Waals surface area contributed by atoms with Gasteiger partial charge in [0.15, 0.2) is 17.4 Å². The SMILES string of the molecule is [AlH3].[H-].[H-].[Mg+2].[Mn].[SiH3].[Zn]. The Morgan fingerprint density at radius 1 is 1.20 bits per heavy atom. The van der Waals surface area contributed by atoms with Gasteiger partial charge in [0.2, 0.25) is 0 Å². The molecule has 0 spiro atoms. The maximum Gasteiger partial charge on any atom is 2.00 e. The molecule has 0 aliphatic heterocycles. The largest absolute Gasteiger partial charge is 2.00 e. The topological polar surface area (TPSA) is 0 Å². The molecule has 0 unspecified atom stereocenters. The second kappa shape index (κ2) is 30.2. The second-order valence-electron chi connectivity index (χ2n) is 0. The molecular weight excluding hydrogens is 200 g/mol. The van der Waals surface area contributed by atoms with E-state index in [1.165, 1.54) is 0 Å². The maximum absolute atomic E-state index is 0. The molecule has 5 heavy (non-hydrogen) atoms. The van der Waals surface area contributed by atoms with Gasteiger partial charge in [0.1, 0.15) is 0 Å². The molecule has 0 rings (SSSR count). The third kappa shape index (κ3) is 20.4. The molecule has 0 aliphatic carbocycles. The number of hydrogen-bond acceptors (Lipinski definition) is 0. The van der Waals surface area contributed by atoms with Gasteiger partial charge in [-0.2, -0.15) is 0 Å². The van der Waals surface area contributed by atoms with Crippen LogP contribution in [0.5, 0.6) is 0 Å². The van der Waals surface area contributed by atoms with E-state index >= 15 is 0 Å². The van der Waals surface area contributed by atoms with Gasteiger partial charge in [-0.3, -0.25) is 0 Å². The van der Waals surface area contributed by atoms with Crippen LogP contribution in [0.2, 0.25) is 0 Å². The summed E-state index contributed by atoms with van der Waals surface area (Å²) in [5, 5.41) is 0. The quantitative estimate of drug-likeness (QED) is 0.385. The van der Waals surface area contributed by atoms with Gasteiger partial charge in [0, 0.05) is 36.5 Å². The Kier molecular flexibility index (Phi) is 290. The van der Waals surface area contributed by atoms with E-state index in [-0.39, 0.29) is 90.8 Å². The molecule has 0 aromatic heterocycles. The van der Waals surface area contributed by atoms with E-state index in [9.17, 15) is 0 Å². The van der Waals surface area contributed by atoms with Crippen molar-refractivity contribution >= 4 is 51.4 Å². The van der Waals surface area contributed by atoms with Crippen LogP contribution < -0.4 is 0 Å². The van der Waals surface area contributed by atoms with Crippen LogP contribution in [0.3, 0.4) is 0 Å². The van der Waals surface area contributed by atoms with Gasteiger partial charge in [-0.15, -0.1) is 0 Å². The molecule has 0 aliphatic rings. The molecule has 26 valence electrons. The van der Waals surface area contributed by atoms with Crippen molar-refractivity contribution in [2.24, 2.45) is 0 Å². The summed E-state index contributed by atoms with van der Waals surface area (Å²) in [5.74, 6) is 0. The minimum Gasteiger partial charge on any atom is -1.00 e. The molecule has 0 aromatic carbocycles. The van der Waals surface area contributed by atoms with Gasteiger partial charge in [-0.25, -0.2) is 0 Å². The van der Waals surface area contributed by atoms with E-state index in [1.54, 1.807) is 0 Å². The normalized spacial score (nSPS) is 0. The molecule has 0 saturated heterocycles. The van der Waals surface area contributed by atoms with Gasteiger partial charge in [0.05, 0.1) is 0 Å². The summed E-state index contributed by atoms with van der Waals surface area (Å²) in [4.78, 5) is 0. The predicted octanol–water partition coefficient (Wildman–Crippen LogP) is -2.53. The fourth-order valence-electron chi connectivity index (χ4n) is 0. The summed E-state index contributed by atoms with van der Waals surface area (Å²) < 4.78 is 0. The van der Waals surface area contributed by atoms with Crippen molar-refractivity contribution in [3.05, 3.63) is 0 Å². The molecule has 0 heterocycles. The van der Waals surface area contributed by atoms with Crippen molar-refractivity contribution in [1.29, 1.82) is 0 Å². The summed E-state index contributed by atoms with van der Waals surface area (Å²) in [6.45, 7) is 0. The molecule has 0 N–H and O–H groups in total. The minimum absolute atomic E-state index is 0. The molecule has 0 atom stereocenters. The Bertz CT molecular complexity index is 17.7. The fourth-order valence-corrected chi connectivity index (χ4v) is 0. The minimum atomic E-state index is 0. The summed E-state index contributed by atoms with van der Waals surface area (Å²) in [6, 6.07) is 0. The van der Waals surface area contributed by atoms with Crippen LogP contribution in [0.1, 0.15) is 2.85 Å². The van der Waals surface area contributed by atoms with E-state index in [1.807, 2.05) is 0 Å². The summed E-state index contributed by atoms with van der Waals surface area (Å²) in [5.41, 5.74) is 0. The first kappa shape index (κ1) is 48.0. The van der Waals surface area contributed by atoms with E-state index in [2.05, 4.69) is 0 Å². The Morgan fingerprint density at radius 3 is 1.20 bits per heavy atom. The molecular formula is H8AlMgMnSiZn. The zero-order chi connectivity index (χ0) is 0. The molecule has 0 nitrogen and oxygen atoms in total. The van der Waals surface area contributed by atoms with Gasteiger partial charge in [-0.05, 0) is 11.0 Å². The van der Waals surface area contributed by atoms with Crippen molar-refractivity contribution in [2.75, 3.05) is 0 Å². The molecule has 0 saturated carbocycles. The maximum atomic E-state index is 0. The Hall–Kier alpha value is 2.66. The third-order valence-electron chi connectivity index (χ3n) is 0. The zero-order valence-corrected chi connectivity index (χ0v) is 10.4. The van der Waals surface area contributed by atoms with Gasteiger partial charge in [-0.1, -0.05) is 0 Å². The molecule has 2 radical (unpaired) electrons. The van der Waals surface area contributed by atoms with Crippen LogP contribution >= 0.6 is 0 Å². The van der Waals surface area contributed by atoms with Crippen LogP contribution in [0.25, 0.3) is 0 Å². The number of hydrogen-bond donors (Lipinski definition) is 0. The third-order valence-corrected chi connectivity index (χ3v) is 0. The molecule has 0 bridgehead atoms. The summed E-state index contributed by atoms with van der Waals surface area (Å²) in [7, 11) is 0. The fraction of sp³-hybridized carbons (Fsp3) is 0. The van der Waals surface area contributed by atoms with Crippen LogP contribution in [0, 0.1) is 0 Å². The van der Waals surface area contributed by atoms with Crippen LogP contribution in [-0.2, 0) is 36.5 Å². The van der Waals surface area contributed by atoms with Crippen molar-refractivity contribution in [1.82, 2.24) is 0 Å². The summed E-state index contributed by atoms with van der Waals surface area (Å²) >= 11 is 0. The first-order valence-corrected chi connectivity index (χ1v) is 0. The van der Waals surface area contributed by atoms with Crippen LogP contribution in [-0.4, -0.2) is 51.4 Å². The molecule has 5 heteroatoms. The van der Waals surface area contributed by atoms with E-state index in [0.29, 0.717) is 0 Å². The van der Waals surface area contributed by atoms with Crippen LogP contribution in [0.4, 0.5) is 0 Å². The molecule has 0 fully saturated rings. The van der Waals surface area contributed by atoms with Gasteiger partial charge < -0.3 is 2.85 Å². The standard InChI is InChI=1S/Al.Mg.Mn.H3Si.Zn.5H/h;;;1H3;;;;;;/q;+2;;;;;;;2*-1. The average molecular weight is 208 g/mol. The second-order valence-corrected chi connectivity index (χ2v) is 0. The Morgan fingerprint density at radius 2 is 1.20 bits per heavy atom. The number of rotatable bonds is 0. The monoisotopic (exact) mass is 206 g/mol. The Labute approximate surface area is 89.7 Å². The molecule has 0 aromatic rings. The summed E-state index contributed by atoms with van der Waals surface area (Å²) in [6.07, 6.45) is 0. The van der Waals surface area contributed by atoms with Crippen molar-refractivity contribution in [3.63, 3.8) is 0 Å². The van der Waals surface area contributed by atoms with E-state index < -0.39 is 0 Å². The predicted molar refractivity (Wildman–Crippen MR) is 27.9 cm³/mol. The van der Waals surface area contributed by atoms with E-state index in [4.69, 9.17) is 0 Å². The molecule has 0 amide bonds. The van der Waals surface area contributed by atoms with Crippen molar-refractivity contribution in [2.45, 2.75) is 0 Å². The van der Waals surface area contributed by atoms with Crippen LogP contribution in [0.15, 0.2) is 0 Å². The average Bonchev–Trinajstić information content (AvgIpc) is 0. The van der Waals surface area contributed by atoms with Crippen molar-refractivity contribution < 1.29 is 39.4 Å². The van der Waals surface area contributed by atoms with Gasteiger partial charge in [0.25, 0.3) is 0 Å². The first-order valence-electron chi connectivity index (χ1n) is 0. The first-order chi connectivity index (χ1) is 0. The van der Waals surface area contributed by atoms with Gasteiger partial charge >= 0.3 is 23.1 Å². The van der Waals surface area contributed by atoms with Crippen molar-refractivity contribution in [3.8, 4) is 0 Å².